The van der Waals surface area contributed by atoms with E-state index < -0.39 is 11.2 Å². The Balaban J connectivity index is 0.00000353. The molecule has 2 aromatic rings. The summed E-state index contributed by atoms with van der Waals surface area (Å²) in [5.41, 5.74) is 12.8. The summed E-state index contributed by atoms with van der Waals surface area (Å²) in [4.78, 5) is 47.6. The fraction of sp³-hybridized carbons (Fsp3) is 0.556. The molecule has 2 unspecified atom stereocenters. The Kier molecular flexibility index (Phi) is 8.36. The lowest BCUT2D eigenvalue weighted by molar-refractivity contribution is -0.137. The van der Waals surface area contributed by atoms with Crippen molar-refractivity contribution in [1.82, 2.24) is 24.3 Å². The topological polar surface area (TPSA) is 143 Å². The Bertz CT molecular complexity index is 1250. The molecule has 3 heterocycles. The van der Waals surface area contributed by atoms with Crippen LogP contribution in [0.5, 0.6) is 0 Å². The first kappa shape index (κ1) is 29.0. The lowest BCUT2D eigenvalue weighted by Gasteiger charge is -2.37. The van der Waals surface area contributed by atoms with Crippen LogP contribution in [0.25, 0.3) is 5.69 Å². The molecular formula is C27H39ClN8O3. The van der Waals surface area contributed by atoms with Gasteiger partial charge in [0, 0.05) is 52.0 Å². The molecule has 11 nitrogen and oxygen atoms in total. The van der Waals surface area contributed by atoms with Gasteiger partial charge in [-0.25, -0.2) is 9.59 Å². The van der Waals surface area contributed by atoms with Gasteiger partial charge in [0.05, 0.1) is 11.2 Å². The van der Waals surface area contributed by atoms with Gasteiger partial charge in [0.2, 0.25) is 5.91 Å². The number of nitrogens with one attached hydrogen (secondary N) is 1. The van der Waals surface area contributed by atoms with E-state index in [1.54, 1.807) is 35.9 Å². The number of halogens is 1. The van der Waals surface area contributed by atoms with E-state index in [-0.39, 0.29) is 30.2 Å². The standard InChI is InChI=1S/C27H38N8O3.ClH/c1-26(2,29)23(36)33-11-13-34(14-12-33)24(37)30-22-8-10-35(25(38)31-22)21-5-3-19(4-6-21)7-9-32-16-20-15-27(20,17-28)18-32;/h3-6,8,10,20H,7,9,11-18,28-29H2,1-2H3,(H,30,31,37,38);1H. The number of benzene rings is 1. The number of nitrogens with two attached hydrogens (primary N) is 2. The molecule has 5 N–H and O–H groups in total. The molecule has 2 aliphatic heterocycles. The molecule has 5 rings (SSSR count). The summed E-state index contributed by atoms with van der Waals surface area (Å²) >= 11 is 0. The number of carbonyl (C=O) groups excluding carboxylic acids is 2. The second-order valence-corrected chi connectivity index (χ2v) is 11.5. The quantitative estimate of drug-likeness (QED) is 0.458. The number of piperazine rings is 1. The smallest absolute Gasteiger partial charge is 0.338 e. The van der Waals surface area contributed by atoms with Crippen LogP contribution >= 0.6 is 12.4 Å². The number of carbonyl (C=O) groups is 2. The number of anilines is 1. The third kappa shape index (κ3) is 6.27. The average Bonchev–Trinajstić information content (AvgIpc) is 3.47. The van der Waals surface area contributed by atoms with Crippen LogP contribution < -0.4 is 22.5 Å². The van der Waals surface area contributed by atoms with Gasteiger partial charge in [0.1, 0.15) is 5.82 Å². The Morgan fingerprint density at radius 3 is 2.36 bits per heavy atom. The van der Waals surface area contributed by atoms with Gasteiger partial charge >= 0.3 is 11.7 Å². The van der Waals surface area contributed by atoms with Crippen LogP contribution in [0.4, 0.5) is 10.6 Å². The summed E-state index contributed by atoms with van der Waals surface area (Å²) in [6.07, 6.45) is 3.85. The van der Waals surface area contributed by atoms with Gasteiger partial charge in [-0.1, -0.05) is 12.1 Å². The zero-order valence-electron chi connectivity index (χ0n) is 22.6. The van der Waals surface area contributed by atoms with Crippen molar-refractivity contribution in [1.29, 1.82) is 0 Å². The summed E-state index contributed by atoms with van der Waals surface area (Å²) in [7, 11) is 0. The van der Waals surface area contributed by atoms with Gasteiger partial charge in [-0.2, -0.15) is 4.98 Å². The highest BCUT2D eigenvalue weighted by Crippen LogP contribution is 2.56. The van der Waals surface area contributed by atoms with Crippen molar-refractivity contribution >= 4 is 30.2 Å². The van der Waals surface area contributed by atoms with Gasteiger partial charge in [0.15, 0.2) is 0 Å². The largest absolute Gasteiger partial charge is 0.354 e. The summed E-state index contributed by atoms with van der Waals surface area (Å²) in [6.45, 7) is 8.99. The highest BCUT2D eigenvalue weighted by atomic mass is 35.5. The maximum Gasteiger partial charge on any atom is 0.354 e. The monoisotopic (exact) mass is 558 g/mol. The minimum Gasteiger partial charge on any atom is -0.338 e. The lowest BCUT2D eigenvalue weighted by Crippen LogP contribution is -2.58. The van der Waals surface area contributed by atoms with Crippen molar-refractivity contribution in [2.75, 3.05) is 57.7 Å². The average molecular weight is 559 g/mol. The molecule has 39 heavy (non-hydrogen) atoms. The van der Waals surface area contributed by atoms with Crippen LogP contribution in [0.2, 0.25) is 0 Å². The van der Waals surface area contributed by atoms with Crippen molar-refractivity contribution < 1.29 is 9.59 Å². The van der Waals surface area contributed by atoms with E-state index >= 15 is 0 Å². The van der Waals surface area contributed by atoms with Gasteiger partial charge in [-0.3, -0.25) is 14.7 Å². The van der Waals surface area contributed by atoms with Crippen molar-refractivity contribution in [2.45, 2.75) is 32.2 Å². The molecule has 1 saturated carbocycles. The number of urea groups is 1. The number of hydrogen-bond acceptors (Lipinski definition) is 7. The Hall–Kier alpha value is -2.99. The minimum atomic E-state index is -0.944. The molecule has 1 aliphatic carbocycles. The molecule has 12 heteroatoms. The highest BCUT2D eigenvalue weighted by molar-refractivity contribution is 5.89. The van der Waals surface area contributed by atoms with Gasteiger partial charge in [0.25, 0.3) is 0 Å². The van der Waals surface area contributed by atoms with Gasteiger partial charge in [-0.15, -0.1) is 12.4 Å². The summed E-state index contributed by atoms with van der Waals surface area (Å²) in [5.74, 6) is 0.833. The molecule has 1 aromatic heterocycles. The highest BCUT2D eigenvalue weighted by Gasteiger charge is 2.58. The first-order chi connectivity index (χ1) is 18.1. The summed E-state index contributed by atoms with van der Waals surface area (Å²) in [6, 6.07) is 9.18. The van der Waals surface area contributed by atoms with Crippen LogP contribution in [0.3, 0.4) is 0 Å². The van der Waals surface area contributed by atoms with Crippen LogP contribution in [0.1, 0.15) is 25.8 Å². The zero-order valence-corrected chi connectivity index (χ0v) is 23.5. The third-order valence-electron chi connectivity index (χ3n) is 8.16. The van der Waals surface area contributed by atoms with Crippen molar-refractivity contribution in [3.8, 4) is 5.69 Å². The minimum absolute atomic E-state index is 0. The first-order valence-corrected chi connectivity index (χ1v) is 13.3. The SMILES string of the molecule is CC(C)(N)C(=O)N1CCN(C(=O)Nc2ccn(-c3ccc(CCN4CC5CC5(CN)C4)cc3)c(=O)n2)CC1.Cl. The predicted octanol–water partition coefficient (Wildman–Crippen LogP) is 0.891. The van der Waals surface area contributed by atoms with Crippen LogP contribution in [0, 0.1) is 11.3 Å². The molecule has 0 spiro atoms. The number of likely N-dealkylation sites (tertiary alicyclic amines) is 1. The molecule has 3 fully saturated rings. The van der Waals surface area contributed by atoms with E-state index in [2.05, 4.69) is 15.2 Å². The Labute approximate surface area is 234 Å². The molecule has 3 aliphatic rings. The second-order valence-electron chi connectivity index (χ2n) is 11.5. The fourth-order valence-corrected chi connectivity index (χ4v) is 5.68. The molecule has 212 valence electrons. The number of amides is 3. The third-order valence-corrected chi connectivity index (χ3v) is 8.16. The molecule has 3 amide bonds. The van der Waals surface area contributed by atoms with E-state index in [0.29, 0.717) is 31.6 Å². The van der Waals surface area contributed by atoms with E-state index in [1.807, 2.05) is 24.3 Å². The van der Waals surface area contributed by atoms with E-state index in [1.165, 1.54) is 16.6 Å². The lowest BCUT2D eigenvalue weighted by atomic mass is 10.1. The normalized spacial score (nSPS) is 22.7. The van der Waals surface area contributed by atoms with E-state index in [4.69, 9.17) is 11.5 Å². The van der Waals surface area contributed by atoms with Crippen LogP contribution in [-0.4, -0.2) is 94.1 Å². The first-order valence-electron chi connectivity index (χ1n) is 13.3. The molecule has 2 saturated heterocycles. The van der Waals surface area contributed by atoms with E-state index in [9.17, 15) is 14.4 Å². The van der Waals surface area contributed by atoms with Gasteiger partial charge < -0.3 is 26.2 Å². The van der Waals surface area contributed by atoms with Crippen molar-refractivity contribution in [2.24, 2.45) is 22.8 Å². The van der Waals surface area contributed by atoms with Crippen LogP contribution in [-0.2, 0) is 11.2 Å². The predicted molar refractivity (Wildman–Crippen MR) is 152 cm³/mol. The van der Waals surface area contributed by atoms with E-state index in [0.717, 1.165) is 44.2 Å². The van der Waals surface area contributed by atoms with Crippen LogP contribution in [0.15, 0.2) is 41.3 Å². The maximum atomic E-state index is 12.7. The Morgan fingerprint density at radius 1 is 1.10 bits per heavy atom. The molecule has 1 aromatic carbocycles. The number of fused-ring (bicyclic) bond motifs is 1. The van der Waals surface area contributed by atoms with Gasteiger partial charge in [-0.05, 0) is 68.3 Å². The number of hydrogen-bond donors (Lipinski definition) is 3. The fourth-order valence-electron chi connectivity index (χ4n) is 5.68. The van der Waals surface area contributed by atoms with Crippen molar-refractivity contribution in [3.05, 3.63) is 52.6 Å². The molecule has 0 radical (unpaired) electrons. The number of piperidine rings is 1. The molecule has 0 bridgehead atoms. The zero-order chi connectivity index (χ0) is 27.1. The number of nitrogens with zero attached hydrogens (tertiary/aromatic N) is 5. The summed E-state index contributed by atoms with van der Waals surface area (Å²) < 4.78 is 1.46. The van der Waals surface area contributed by atoms with Crippen molar-refractivity contribution in [3.63, 3.8) is 0 Å². The second kappa shape index (κ2) is 11.2. The maximum absolute atomic E-state index is 12.7. The Morgan fingerprint density at radius 2 is 1.77 bits per heavy atom. The molecular weight excluding hydrogens is 520 g/mol. The molecule has 2 atom stereocenters. The number of aromatic nitrogens is 2. The number of rotatable bonds is 7. The summed E-state index contributed by atoms with van der Waals surface area (Å²) in [5, 5.41) is 2.69.